The first-order valence-electron chi connectivity index (χ1n) is 6.97. The average molecular weight is 296 g/mol. The summed E-state index contributed by atoms with van der Waals surface area (Å²) in [6, 6.07) is 5.99. The molecule has 4 nitrogen and oxygen atoms in total. The fourth-order valence-corrected chi connectivity index (χ4v) is 2.75. The third-order valence-electron chi connectivity index (χ3n) is 2.82. The van der Waals surface area contributed by atoms with Gasteiger partial charge in [0.2, 0.25) is 0 Å². The highest BCUT2D eigenvalue weighted by Gasteiger charge is 2.10. The van der Waals surface area contributed by atoms with E-state index in [1.165, 1.54) is 0 Å². The maximum absolute atomic E-state index is 11.2. The Morgan fingerprint density at radius 1 is 1.30 bits per heavy atom. The summed E-state index contributed by atoms with van der Waals surface area (Å²) in [4.78, 5) is 12.4. The maximum atomic E-state index is 11.2. The van der Waals surface area contributed by atoms with Gasteiger partial charge in [0, 0.05) is 17.7 Å². The van der Waals surface area contributed by atoms with Crippen molar-refractivity contribution < 1.29 is 19.0 Å². The summed E-state index contributed by atoms with van der Waals surface area (Å²) in [6.45, 7) is 3.68. The molecule has 0 amide bonds. The number of rotatable bonds is 6. The van der Waals surface area contributed by atoms with Crippen LogP contribution in [0.3, 0.4) is 0 Å². The summed E-state index contributed by atoms with van der Waals surface area (Å²) in [5.41, 5.74) is 0. The average Bonchev–Trinajstić information content (AvgIpc) is 2.68. The summed E-state index contributed by atoms with van der Waals surface area (Å²) >= 11 is 1.72. The van der Waals surface area contributed by atoms with Gasteiger partial charge < -0.3 is 14.2 Å². The van der Waals surface area contributed by atoms with Gasteiger partial charge in [-0.1, -0.05) is 0 Å². The zero-order chi connectivity index (χ0) is 14.2. The van der Waals surface area contributed by atoms with Gasteiger partial charge in [-0.2, -0.15) is 0 Å². The van der Waals surface area contributed by atoms with E-state index in [4.69, 9.17) is 14.2 Å². The number of hydrogen-bond acceptors (Lipinski definition) is 5. The predicted octanol–water partition coefficient (Wildman–Crippen LogP) is 3.28. The summed E-state index contributed by atoms with van der Waals surface area (Å²) in [7, 11) is 0. The Bertz CT molecular complexity index is 447. The minimum Gasteiger partial charge on any atom is -0.490 e. The second-order valence-electron chi connectivity index (χ2n) is 4.42. The normalized spacial score (nSPS) is 13.7. The molecule has 0 unspecified atom stereocenters. The molecule has 1 heterocycles. The van der Waals surface area contributed by atoms with Gasteiger partial charge in [0.25, 0.3) is 0 Å². The van der Waals surface area contributed by atoms with Crippen LogP contribution in [0.2, 0.25) is 0 Å². The molecule has 0 aliphatic carbocycles. The van der Waals surface area contributed by atoms with E-state index in [1.54, 1.807) is 11.8 Å². The minimum absolute atomic E-state index is 0.119. The minimum atomic E-state index is -0.119. The van der Waals surface area contributed by atoms with E-state index in [0.717, 1.165) is 35.0 Å². The molecule has 0 bridgehead atoms. The Morgan fingerprint density at radius 3 is 2.90 bits per heavy atom. The van der Waals surface area contributed by atoms with E-state index in [0.29, 0.717) is 26.2 Å². The molecule has 0 saturated carbocycles. The van der Waals surface area contributed by atoms with Crippen LogP contribution in [0.25, 0.3) is 0 Å². The highest BCUT2D eigenvalue weighted by Crippen LogP contribution is 2.34. The lowest BCUT2D eigenvalue weighted by Crippen LogP contribution is -2.03. The van der Waals surface area contributed by atoms with E-state index in [-0.39, 0.29) is 5.97 Å². The number of thioether (sulfide) groups is 1. The number of ether oxygens (including phenoxy) is 3. The van der Waals surface area contributed by atoms with E-state index in [2.05, 4.69) is 0 Å². The van der Waals surface area contributed by atoms with Crippen LogP contribution in [0, 0.1) is 0 Å². The lowest BCUT2D eigenvalue weighted by Gasteiger charge is -2.09. The molecule has 0 N–H and O–H groups in total. The van der Waals surface area contributed by atoms with Crippen molar-refractivity contribution in [2.45, 2.75) is 31.1 Å². The van der Waals surface area contributed by atoms with Gasteiger partial charge in [0.1, 0.15) is 0 Å². The Balaban J connectivity index is 1.79. The Kier molecular flexibility index (Phi) is 6.05. The first-order chi connectivity index (χ1) is 9.79. The Labute approximate surface area is 123 Å². The third kappa shape index (κ3) is 4.63. The molecule has 0 aromatic heterocycles. The van der Waals surface area contributed by atoms with Gasteiger partial charge in [0.05, 0.1) is 19.8 Å². The van der Waals surface area contributed by atoms with Crippen molar-refractivity contribution in [3.8, 4) is 11.5 Å². The second-order valence-corrected chi connectivity index (χ2v) is 5.58. The van der Waals surface area contributed by atoms with Crippen molar-refractivity contribution in [2.75, 3.05) is 25.6 Å². The first kappa shape index (κ1) is 15.0. The van der Waals surface area contributed by atoms with E-state index in [9.17, 15) is 4.79 Å². The van der Waals surface area contributed by atoms with Gasteiger partial charge in [-0.05, 0) is 37.3 Å². The summed E-state index contributed by atoms with van der Waals surface area (Å²) in [6.07, 6.45) is 2.21. The van der Waals surface area contributed by atoms with Crippen LogP contribution in [0.4, 0.5) is 0 Å². The molecular formula is C15H20O4S. The number of benzene rings is 1. The first-order valence-corrected chi connectivity index (χ1v) is 7.96. The molecule has 0 spiro atoms. The molecule has 0 radical (unpaired) electrons. The fourth-order valence-electron chi connectivity index (χ4n) is 1.87. The molecule has 0 fully saturated rings. The van der Waals surface area contributed by atoms with Crippen LogP contribution >= 0.6 is 11.8 Å². The van der Waals surface area contributed by atoms with E-state index in [1.807, 2.05) is 25.1 Å². The standard InChI is InChI=1S/C15H20O4S/c1-2-17-15(16)5-3-10-20-12-6-7-13-14(11-12)19-9-4-8-18-13/h6-7,11H,2-5,8-10H2,1H3. The molecular weight excluding hydrogens is 276 g/mol. The highest BCUT2D eigenvalue weighted by molar-refractivity contribution is 7.99. The molecule has 1 aromatic rings. The Hall–Kier alpha value is -1.36. The monoisotopic (exact) mass is 296 g/mol. The maximum Gasteiger partial charge on any atom is 0.305 e. The number of esters is 1. The molecule has 1 aliphatic heterocycles. The van der Waals surface area contributed by atoms with Crippen LogP contribution in [0.15, 0.2) is 23.1 Å². The number of carbonyl (C=O) groups excluding carboxylic acids is 1. The van der Waals surface area contributed by atoms with Crippen molar-refractivity contribution in [2.24, 2.45) is 0 Å². The van der Waals surface area contributed by atoms with Crippen LogP contribution in [0.1, 0.15) is 26.2 Å². The third-order valence-corrected chi connectivity index (χ3v) is 3.90. The number of fused-ring (bicyclic) bond motifs is 1. The summed E-state index contributed by atoms with van der Waals surface area (Å²) in [5.74, 6) is 2.40. The quantitative estimate of drug-likeness (QED) is 0.458. The molecule has 110 valence electrons. The lowest BCUT2D eigenvalue weighted by molar-refractivity contribution is -0.143. The SMILES string of the molecule is CCOC(=O)CCCSc1ccc2c(c1)OCCCO2. The second kappa shape index (κ2) is 8.04. The lowest BCUT2D eigenvalue weighted by atomic mass is 10.3. The van der Waals surface area contributed by atoms with E-state index < -0.39 is 0 Å². The van der Waals surface area contributed by atoms with Gasteiger partial charge in [-0.15, -0.1) is 11.8 Å². The number of hydrogen-bond donors (Lipinski definition) is 0. The highest BCUT2D eigenvalue weighted by atomic mass is 32.2. The van der Waals surface area contributed by atoms with Crippen molar-refractivity contribution in [1.29, 1.82) is 0 Å². The van der Waals surface area contributed by atoms with Gasteiger partial charge in [-0.25, -0.2) is 0 Å². The van der Waals surface area contributed by atoms with Gasteiger partial charge >= 0.3 is 5.97 Å². The Morgan fingerprint density at radius 2 is 2.10 bits per heavy atom. The smallest absolute Gasteiger partial charge is 0.305 e. The molecule has 1 aromatic carbocycles. The van der Waals surface area contributed by atoms with Crippen LogP contribution in [-0.2, 0) is 9.53 Å². The van der Waals surface area contributed by atoms with Crippen LogP contribution in [-0.4, -0.2) is 31.5 Å². The number of carbonyl (C=O) groups is 1. The topological polar surface area (TPSA) is 44.8 Å². The van der Waals surface area contributed by atoms with Crippen LogP contribution < -0.4 is 9.47 Å². The van der Waals surface area contributed by atoms with Crippen molar-refractivity contribution in [3.05, 3.63) is 18.2 Å². The molecule has 0 atom stereocenters. The molecule has 0 saturated heterocycles. The molecule has 20 heavy (non-hydrogen) atoms. The van der Waals surface area contributed by atoms with Crippen molar-refractivity contribution >= 4 is 17.7 Å². The predicted molar refractivity (Wildman–Crippen MR) is 78.6 cm³/mol. The zero-order valence-corrected chi connectivity index (χ0v) is 12.5. The zero-order valence-electron chi connectivity index (χ0n) is 11.7. The molecule has 5 heteroatoms. The van der Waals surface area contributed by atoms with E-state index >= 15 is 0 Å². The van der Waals surface area contributed by atoms with Crippen molar-refractivity contribution in [3.63, 3.8) is 0 Å². The summed E-state index contributed by atoms with van der Waals surface area (Å²) < 4.78 is 16.1. The summed E-state index contributed by atoms with van der Waals surface area (Å²) in [5, 5.41) is 0. The molecule has 1 aliphatic rings. The largest absolute Gasteiger partial charge is 0.490 e. The van der Waals surface area contributed by atoms with Crippen molar-refractivity contribution in [1.82, 2.24) is 0 Å². The van der Waals surface area contributed by atoms with Crippen LogP contribution in [0.5, 0.6) is 11.5 Å². The van der Waals surface area contributed by atoms with Gasteiger partial charge in [-0.3, -0.25) is 4.79 Å². The molecule has 2 rings (SSSR count). The fraction of sp³-hybridized carbons (Fsp3) is 0.533. The van der Waals surface area contributed by atoms with Gasteiger partial charge in [0.15, 0.2) is 11.5 Å².